The third-order valence-electron chi connectivity index (χ3n) is 2.36. The molecule has 0 bridgehead atoms. The lowest BCUT2D eigenvalue weighted by molar-refractivity contribution is 0.399. The monoisotopic (exact) mass is 258 g/mol. The van der Waals surface area contributed by atoms with Gasteiger partial charge in [0, 0.05) is 0 Å². The molecule has 0 N–H and O–H groups in total. The molecule has 0 aliphatic heterocycles. The topological polar surface area (TPSA) is 0 Å². The Balaban J connectivity index is 3.06. The van der Waals surface area contributed by atoms with Crippen LogP contribution in [0.4, 0.5) is 4.39 Å². The van der Waals surface area contributed by atoms with Crippen molar-refractivity contribution in [3.8, 4) is 0 Å². The summed E-state index contributed by atoms with van der Waals surface area (Å²) in [7, 11) is -2.06. The molecule has 0 nitrogen and oxygen atoms in total. The number of unbranched alkanes of at least 4 members (excludes halogenated alkanes) is 6. The van der Waals surface area contributed by atoms with Gasteiger partial charge in [-0.15, -0.1) is 22.2 Å². The molecule has 0 aromatic heterocycles. The summed E-state index contributed by atoms with van der Waals surface area (Å²) in [5.74, 6) is -0.908. The molecule has 0 aromatic carbocycles. The molecule has 0 rings (SSSR count). The van der Waals surface area contributed by atoms with Gasteiger partial charge in [-0.05, 0) is 6.42 Å². The van der Waals surface area contributed by atoms with Crippen molar-refractivity contribution >= 4 is 29.6 Å². The van der Waals surface area contributed by atoms with Crippen molar-refractivity contribution < 1.29 is 4.39 Å². The Labute approximate surface area is 98.2 Å². The first-order valence-electron chi connectivity index (χ1n) is 5.60. The molecule has 86 valence electrons. The summed E-state index contributed by atoms with van der Waals surface area (Å²) in [4.78, 5) is 0. The normalized spacial score (nSPS) is 13.5. The lowest BCUT2D eigenvalue weighted by Crippen LogP contribution is -2.14. The molecule has 0 amide bonds. The number of alkyl halides is 1. The van der Waals surface area contributed by atoms with Crippen molar-refractivity contribution in [2.75, 3.05) is 0 Å². The highest BCUT2D eigenvalue weighted by molar-refractivity contribution is 7.34. The fourth-order valence-corrected chi connectivity index (χ4v) is 2.67. The fraction of sp³-hybridized carbons (Fsp3) is 1.00. The highest BCUT2D eigenvalue weighted by Gasteiger charge is 2.16. The summed E-state index contributed by atoms with van der Waals surface area (Å²) in [6.45, 7) is 2.21. The van der Waals surface area contributed by atoms with E-state index in [-0.39, 0.29) is 0 Å². The van der Waals surface area contributed by atoms with Crippen LogP contribution in [0.15, 0.2) is 0 Å². The summed E-state index contributed by atoms with van der Waals surface area (Å²) in [6, 6.07) is 0. The minimum Gasteiger partial charge on any atom is -0.249 e. The molecule has 4 heteroatoms. The second kappa shape index (κ2) is 10.3. The molecule has 0 fully saturated rings. The second-order valence-corrected chi connectivity index (χ2v) is 8.64. The smallest absolute Gasteiger partial charge is 0.249 e. The Kier molecular flexibility index (Phi) is 10.8. The van der Waals surface area contributed by atoms with Gasteiger partial charge >= 0.3 is 0 Å². The highest BCUT2D eigenvalue weighted by atomic mass is 35.7. The number of rotatable bonds is 9. The van der Waals surface area contributed by atoms with Gasteiger partial charge in [0.1, 0.15) is 5.79 Å². The molecule has 0 aliphatic rings. The van der Waals surface area contributed by atoms with Gasteiger partial charge in [-0.3, -0.25) is 0 Å². The van der Waals surface area contributed by atoms with Crippen LogP contribution < -0.4 is 0 Å². The molecular weight excluding hydrogens is 238 g/mol. The Bertz CT molecular complexity index is 123. The van der Waals surface area contributed by atoms with Crippen LogP contribution in [0.5, 0.6) is 0 Å². The molecule has 0 radical (unpaired) electrons. The van der Waals surface area contributed by atoms with Crippen LogP contribution in [-0.2, 0) is 0 Å². The summed E-state index contributed by atoms with van der Waals surface area (Å²) in [5.41, 5.74) is 0. The highest BCUT2D eigenvalue weighted by Crippen LogP contribution is 2.15. The summed E-state index contributed by atoms with van der Waals surface area (Å²) < 4.78 is 13.0. The number of hydrogen-bond donors (Lipinski definition) is 0. The van der Waals surface area contributed by atoms with Crippen molar-refractivity contribution in [3.05, 3.63) is 0 Å². The zero-order valence-electron chi connectivity index (χ0n) is 8.95. The Hall–Kier alpha value is 0.727. The van der Waals surface area contributed by atoms with Crippen LogP contribution in [0.2, 0.25) is 0 Å². The van der Waals surface area contributed by atoms with E-state index in [1.165, 1.54) is 32.1 Å². The van der Waals surface area contributed by atoms with Crippen LogP contribution in [0, 0.1) is 0 Å². The maximum atomic E-state index is 13.0. The molecule has 0 heterocycles. The van der Waals surface area contributed by atoms with Crippen LogP contribution in [-0.4, -0.2) is 13.2 Å². The molecule has 1 atom stereocenters. The van der Waals surface area contributed by atoms with Crippen LogP contribution in [0.1, 0.15) is 58.3 Å². The Morgan fingerprint density at radius 3 is 2.00 bits per heavy atom. The van der Waals surface area contributed by atoms with E-state index in [1.54, 1.807) is 0 Å². The van der Waals surface area contributed by atoms with Crippen molar-refractivity contribution in [1.29, 1.82) is 0 Å². The van der Waals surface area contributed by atoms with E-state index in [2.05, 4.69) is 6.92 Å². The molecule has 0 aliphatic carbocycles. The van der Waals surface area contributed by atoms with Crippen LogP contribution >= 0.6 is 22.2 Å². The molecule has 14 heavy (non-hydrogen) atoms. The van der Waals surface area contributed by atoms with Gasteiger partial charge in [-0.25, -0.2) is 4.39 Å². The Morgan fingerprint density at radius 1 is 1.00 bits per heavy atom. The molecule has 0 saturated heterocycles. The molecular formula is C10H21Cl2FSi. The maximum absolute atomic E-state index is 13.0. The fourth-order valence-electron chi connectivity index (χ4n) is 1.42. The van der Waals surface area contributed by atoms with Gasteiger partial charge < -0.3 is 0 Å². The maximum Gasteiger partial charge on any atom is 0.270 e. The molecule has 0 aromatic rings. The molecule has 1 unspecified atom stereocenters. The quantitative estimate of drug-likeness (QED) is 0.320. The van der Waals surface area contributed by atoms with Gasteiger partial charge in [-0.1, -0.05) is 51.9 Å². The predicted octanol–water partition coefficient (Wildman–Crippen LogP) is 4.70. The van der Waals surface area contributed by atoms with Gasteiger partial charge in [0.15, 0.2) is 0 Å². The van der Waals surface area contributed by atoms with Gasteiger partial charge in [0.2, 0.25) is 0 Å². The third-order valence-corrected chi connectivity index (χ3v) is 4.88. The minimum atomic E-state index is -2.06. The first kappa shape index (κ1) is 14.7. The lowest BCUT2D eigenvalue weighted by Gasteiger charge is -2.06. The molecule has 0 spiro atoms. The minimum absolute atomic E-state index is 0.567. The van der Waals surface area contributed by atoms with Crippen LogP contribution in [0.25, 0.3) is 0 Å². The van der Waals surface area contributed by atoms with E-state index in [4.69, 9.17) is 22.2 Å². The average Bonchev–Trinajstić information content (AvgIpc) is 2.16. The van der Waals surface area contributed by atoms with Gasteiger partial charge in [-0.2, -0.15) is 0 Å². The van der Waals surface area contributed by atoms with Crippen molar-refractivity contribution in [3.63, 3.8) is 0 Å². The predicted molar refractivity (Wildman–Crippen MR) is 66.4 cm³/mol. The van der Waals surface area contributed by atoms with Gasteiger partial charge in [0.05, 0.1) is 0 Å². The van der Waals surface area contributed by atoms with Crippen LogP contribution in [0.3, 0.4) is 0 Å². The first-order valence-corrected chi connectivity index (χ1v) is 9.76. The van der Waals surface area contributed by atoms with Crippen molar-refractivity contribution in [2.24, 2.45) is 0 Å². The number of halogens is 3. The van der Waals surface area contributed by atoms with E-state index in [1.807, 2.05) is 0 Å². The zero-order valence-corrected chi connectivity index (χ0v) is 11.6. The largest absolute Gasteiger partial charge is 0.270 e. The third kappa shape index (κ3) is 9.29. The second-order valence-electron chi connectivity index (χ2n) is 3.76. The zero-order chi connectivity index (χ0) is 10.8. The van der Waals surface area contributed by atoms with E-state index in [9.17, 15) is 4.39 Å². The lowest BCUT2D eigenvalue weighted by atomic mass is 10.1. The van der Waals surface area contributed by atoms with Crippen molar-refractivity contribution in [2.45, 2.75) is 64.1 Å². The molecule has 0 saturated carbocycles. The van der Waals surface area contributed by atoms with Crippen molar-refractivity contribution in [1.82, 2.24) is 0 Å². The Morgan fingerprint density at radius 2 is 1.50 bits per heavy atom. The average molecular weight is 259 g/mol. The van der Waals surface area contributed by atoms with E-state index >= 15 is 0 Å². The SMILES string of the molecule is CCCCCCCCCC(F)[SiH](Cl)Cl. The van der Waals surface area contributed by atoms with Gasteiger partial charge in [0.25, 0.3) is 7.42 Å². The van der Waals surface area contributed by atoms with E-state index < -0.39 is 13.2 Å². The summed E-state index contributed by atoms with van der Waals surface area (Å²) in [6.07, 6.45) is 9.06. The number of hydrogen-bond acceptors (Lipinski definition) is 0. The standard InChI is InChI=1S/C10H21Cl2FSi/c1-2-3-4-5-6-7-8-9-10(13)14(11)12/h10,14H,2-9H2,1H3. The van der Waals surface area contributed by atoms with E-state index in [0.717, 1.165) is 12.8 Å². The first-order chi connectivity index (χ1) is 6.68. The summed E-state index contributed by atoms with van der Waals surface area (Å²) >= 11 is 11.1. The summed E-state index contributed by atoms with van der Waals surface area (Å²) in [5, 5.41) is 0. The van der Waals surface area contributed by atoms with E-state index in [0.29, 0.717) is 6.42 Å².